The first-order valence-corrected chi connectivity index (χ1v) is 9.90. The summed E-state index contributed by atoms with van der Waals surface area (Å²) in [7, 11) is 1.66. The summed E-state index contributed by atoms with van der Waals surface area (Å²) >= 11 is 0. The van der Waals surface area contributed by atoms with Crippen LogP contribution in [0.25, 0.3) is 0 Å². The monoisotopic (exact) mass is 380 g/mol. The Labute approximate surface area is 166 Å². The van der Waals surface area contributed by atoms with Crippen molar-refractivity contribution < 1.29 is 9.53 Å². The number of hydrogen-bond acceptors (Lipinski definition) is 5. The minimum Gasteiger partial charge on any atom is -0.497 e. The molecule has 1 aliphatic rings. The molecule has 6 heteroatoms. The number of aromatic nitrogens is 2. The smallest absolute Gasteiger partial charge is 0.270 e. The molecule has 0 bridgehead atoms. The van der Waals surface area contributed by atoms with Crippen LogP contribution in [0.2, 0.25) is 0 Å². The number of carbonyl (C=O) groups is 1. The van der Waals surface area contributed by atoms with Crippen molar-refractivity contribution in [2.45, 2.75) is 38.5 Å². The molecule has 2 N–H and O–H groups in total. The molecule has 0 unspecified atom stereocenters. The molecule has 0 saturated carbocycles. The molecule has 3 rings (SSSR count). The summed E-state index contributed by atoms with van der Waals surface area (Å²) in [5, 5.41) is 6.14. The Balaban J connectivity index is 1.46. The van der Waals surface area contributed by atoms with Gasteiger partial charge in [0.1, 0.15) is 11.4 Å². The zero-order chi connectivity index (χ0) is 19.6. The molecule has 2 aromatic rings. The third kappa shape index (κ3) is 6.08. The van der Waals surface area contributed by atoms with Crippen molar-refractivity contribution in [3.8, 4) is 5.75 Å². The molecule has 0 radical (unpaired) electrons. The number of nitrogens with zero attached hydrogens (tertiary/aromatic N) is 2. The fourth-order valence-corrected chi connectivity index (χ4v) is 3.28. The lowest BCUT2D eigenvalue weighted by Gasteiger charge is -2.13. The first kappa shape index (κ1) is 19.9. The van der Waals surface area contributed by atoms with Crippen molar-refractivity contribution >= 4 is 11.9 Å². The summed E-state index contributed by atoms with van der Waals surface area (Å²) in [6.07, 6.45) is 10.5. The summed E-state index contributed by atoms with van der Waals surface area (Å²) < 4.78 is 5.24. The van der Waals surface area contributed by atoms with Crippen molar-refractivity contribution in [3.63, 3.8) is 0 Å². The Morgan fingerprint density at radius 3 is 2.93 bits per heavy atom. The van der Waals surface area contributed by atoms with Crippen LogP contribution in [0.3, 0.4) is 0 Å². The Hall–Kier alpha value is -2.89. The minimum atomic E-state index is -0.158. The maximum Gasteiger partial charge on any atom is 0.270 e. The molecule has 0 spiro atoms. The fourth-order valence-electron chi connectivity index (χ4n) is 3.28. The highest BCUT2D eigenvalue weighted by atomic mass is 16.5. The fraction of sp³-hybridized carbons (Fsp3) is 0.409. The van der Waals surface area contributed by atoms with E-state index in [-0.39, 0.29) is 5.91 Å². The van der Waals surface area contributed by atoms with Crippen LogP contribution in [0, 0.1) is 0 Å². The van der Waals surface area contributed by atoms with Gasteiger partial charge in [-0.1, -0.05) is 23.8 Å². The number of ether oxygens (including phenoxy) is 1. The van der Waals surface area contributed by atoms with E-state index in [1.54, 1.807) is 19.4 Å². The molecule has 28 heavy (non-hydrogen) atoms. The third-order valence-electron chi connectivity index (χ3n) is 4.84. The maximum absolute atomic E-state index is 12.3. The van der Waals surface area contributed by atoms with Gasteiger partial charge in [-0.15, -0.1) is 0 Å². The van der Waals surface area contributed by atoms with E-state index in [4.69, 9.17) is 4.74 Å². The number of benzene rings is 1. The second-order valence-corrected chi connectivity index (χ2v) is 6.91. The molecule has 0 atom stereocenters. The molecule has 0 fully saturated rings. The summed E-state index contributed by atoms with van der Waals surface area (Å²) in [6.45, 7) is 1.32. The molecule has 0 saturated heterocycles. The molecule has 1 heterocycles. The van der Waals surface area contributed by atoms with Gasteiger partial charge in [-0.2, -0.15) is 0 Å². The lowest BCUT2D eigenvalue weighted by Crippen LogP contribution is -2.26. The number of methoxy groups -OCH3 is 1. The van der Waals surface area contributed by atoms with Crippen LogP contribution in [-0.2, 0) is 6.42 Å². The Kier molecular flexibility index (Phi) is 7.41. The lowest BCUT2D eigenvalue weighted by molar-refractivity contribution is 0.0949. The van der Waals surface area contributed by atoms with Gasteiger partial charge in [0.25, 0.3) is 5.91 Å². The van der Waals surface area contributed by atoms with E-state index in [9.17, 15) is 4.79 Å². The van der Waals surface area contributed by atoms with E-state index in [0.717, 1.165) is 30.6 Å². The number of carbonyl (C=O) groups excluding carboxylic acids is 1. The van der Waals surface area contributed by atoms with Gasteiger partial charge in [0.15, 0.2) is 0 Å². The number of amides is 1. The zero-order valence-electron chi connectivity index (χ0n) is 16.4. The summed E-state index contributed by atoms with van der Waals surface area (Å²) in [5.74, 6) is 1.15. The van der Waals surface area contributed by atoms with Gasteiger partial charge < -0.3 is 15.4 Å². The number of rotatable bonds is 9. The van der Waals surface area contributed by atoms with E-state index in [0.29, 0.717) is 24.7 Å². The first-order valence-electron chi connectivity index (χ1n) is 9.90. The molecule has 0 aliphatic heterocycles. The van der Waals surface area contributed by atoms with Gasteiger partial charge >= 0.3 is 0 Å². The molecule has 148 valence electrons. The van der Waals surface area contributed by atoms with E-state index in [1.807, 2.05) is 18.2 Å². The molecule has 1 aromatic heterocycles. The number of hydrogen-bond donors (Lipinski definition) is 2. The largest absolute Gasteiger partial charge is 0.497 e. The van der Waals surface area contributed by atoms with Crippen LogP contribution in [0.1, 0.15) is 48.2 Å². The normalized spacial score (nSPS) is 13.5. The van der Waals surface area contributed by atoms with Gasteiger partial charge in [0.05, 0.1) is 7.11 Å². The number of allylic oxidation sites excluding steroid dienone is 1. The SMILES string of the molecule is COc1cccc(CCNc2nccc(C(=O)NCCC3=CCCCC3)n2)c1. The van der Waals surface area contributed by atoms with E-state index in [1.165, 1.54) is 24.8 Å². The van der Waals surface area contributed by atoms with Crippen molar-refractivity contribution in [2.75, 3.05) is 25.5 Å². The standard InChI is InChI=1S/C22H28N4O2/c1-28-19-9-5-8-18(16-19)11-14-24-22-25-15-12-20(26-22)21(27)23-13-10-17-6-3-2-4-7-17/h5-6,8-9,12,15-16H,2-4,7,10-11,13-14H2,1H3,(H,23,27)(H,24,25,26). The quantitative estimate of drug-likeness (QED) is 0.648. The van der Waals surface area contributed by atoms with Gasteiger partial charge in [0.2, 0.25) is 5.95 Å². The van der Waals surface area contributed by atoms with E-state index < -0.39 is 0 Å². The number of nitrogens with one attached hydrogen (secondary N) is 2. The highest BCUT2D eigenvalue weighted by molar-refractivity contribution is 5.92. The highest BCUT2D eigenvalue weighted by Crippen LogP contribution is 2.19. The first-order chi connectivity index (χ1) is 13.7. The molecule has 1 aromatic carbocycles. The van der Waals surface area contributed by atoms with Crippen LogP contribution < -0.4 is 15.4 Å². The zero-order valence-corrected chi connectivity index (χ0v) is 16.4. The predicted octanol–water partition coefficient (Wildman–Crippen LogP) is 3.76. The second kappa shape index (κ2) is 10.4. The van der Waals surface area contributed by atoms with Gasteiger partial charge in [-0.05, 0) is 62.3 Å². The molecule has 1 amide bonds. The summed E-state index contributed by atoms with van der Waals surface area (Å²) in [4.78, 5) is 20.9. The molecule has 6 nitrogen and oxygen atoms in total. The second-order valence-electron chi connectivity index (χ2n) is 6.91. The average Bonchev–Trinajstić information content (AvgIpc) is 2.75. The summed E-state index contributed by atoms with van der Waals surface area (Å²) in [5.41, 5.74) is 3.00. The van der Waals surface area contributed by atoms with Crippen LogP contribution in [0.15, 0.2) is 48.2 Å². The predicted molar refractivity (Wildman–Crippen MR) is 111 cm³/mol. The third-order valence-corrected chi connectivity index (χ3v) is 4.84. The van der Waals surface area contributed by atoms with E-state index in [2.05, 4.69) is 32.7 Å². The van der Waals surface area contributed by atoms with Gasteiger partial charge in [-0.25, -0.2) is 9.97 Å². The van der Waals surface area contributed by atoms with Crippen LogP contribution >= 0.6 is 0 Å². The van der Waals surface area contributed by atoms with Crippen molar-refractivity contribution in [3.05, 3.63) is 59.4 Å². The Bertz CT molecular complexity index is 820. The molecule has 1 aliphatic carbocycles. The topological polar surface area (TPSA) is 76.1 Å². The van der Waals surface area contributed by atoms with Crippen molar-refractivity contribution in [2.24, 2.45) is 0 Å². The van der Waals surface area contributed by atoms with Gasteiger partial charge in [-0.3, -0.25) is 4.79 Å². The maximum atomic E-state index is 12.3. The van der Waals surface area contributed by atoms with Gasteiger partial charge in [0, 0.05) is 19.3 Å². The minimum absolute atomic E-state index is 0.158. The van der Waals surface area contributed by atoms with E-state index >= 15 is 0 Å². The summed E-state index contributed by atoms with van der Waals surface area (Å²) in [6, 6.07) is 9.60. The molecular formula is C22H28N4O2. The Morgan fingerprint density at radius 2 is 2.11 bits per heavy atom. The average molecular weight is 380 g/mol. The highest BCUT2D eigenvalue weighted by Gasteiger charge is 2.09. The van der Waals surface area contributed by atoms with Crippen molar-refractivity contribution in [1.82, 2.24) is 15.3 Å². The molecular weight excluding hydrogens is 352 g/mol. The number of anilines is 1. The van der Waals surface area contributed by atoms with Crippen LogP contribution in [-0.4, -0.2) is 36.1 Å². The Morgan fingerprint density at radius 1 is 1.18 bits per heavy atom. The van der Waals surface area contributed by atoms with Crippen molar-refractivity contribution in [1.29, 1.82) is 0 Å². The van der Waals surface area contributed by atoms with Crippen LogP contribution in [0.5, 0.6) is 5.75 Å². The lowest BCUT2D eigenvalue weighted by atomic mass is 9.97. The van der Waals surface area contributed by atoms with Crippen LogP contribution in [0.4, 0.5) is 5.95 Å².